The molecule has 1 fully saturated rings. The number of ether oxygens (including phenoxy) is 1. The standard InChI is InChI=1S/C19H22N4O5S/c1-10-14-17(21-12-5-3-7-23(12)18(14)26)29-15(10)19(27)28-9-13(24)22-6-2-4-11(8-22)16(20)25/h11H,2-9H2,1H3,(H2,20,25)/t11-/m1/s1. The van der Waals surface area contributed by atoms with Gasteiger partial charge < -0.3 is 15.4 Å². The van der Waals surface area contributed by atoms with Gasteiger partial charge in [0.1, 0.15) is 15.5 Å². The van der Waals surface area contributed by atoms with Crippen LogP contribution in [0.2, 0.25) is 0 Å². The molecule has 29 heavy (non-hydrogen) atoms. The molecule has 1 atom stereocenters. The van der Waals surface area contributed by atoms with Crippen molar-refractivity contribution >= 4 is 39.3 Å². The van der Waals surface area contributed by atoms with Gasteiger partial charge in [-0.2, -0.15) is 0 Å². The Kier molecular flexibility index (Phi) is 5.12. The summed E-state index contributed by atoms with van der Waals surface area (Å²) in [6, 6.07) is 0. The van der Waals surface area contributed by atoms with E-state index < -0.39 is 18.5 Å². The molecule has 10 heteroatoms. The number of nitrogens with zero attached hydrogens (tertiary/aromatic N) is 3. The minimum absolute atomic E-state index is 0.128. The van der Waals surface area contributed by atoms with E-state index in [0.717, 1.165) is 30.0 Å². The van der Waals surface area contributed by atoms with Crippen LogP contribution in [0.4, 0.5) is 0 Å². The maximum absolute atomic E-state index is 12.7. The van der Waals surface area contributed by atoms with E-state index in [9.17, 15) is 19.2 Å². The van der Waals surface area contributed by atoms with Gasteiger partial charge in [0, 0.05) is 26.1 Å². The molecule has 0 aromatic carbocycles. The van der Waals surface area contributed by atoms with Crippen molar-refractivity contribution in [2.75, 3.05) is 19.7 Å². The summed E-state index contributed by atoms with van der Waals surface area (Å²) in [5.41, 5.74) is 5.74. The molecule has 2 N–H and O–H groups in total. The number of hydrogen-bond acceptors (Lipinski definition) is 7. The smallest absolute Gasteiger partial charge is 0.349 e. The molecule has 0 saturated carbocycles. The topological polar surface area (TPSA) is 125 Å². The SMILES string of the molecule is Cc1c(C(=O)OCC(=O)N2CCC[C@@H](C(N)=O)C2)sc2nc3n(c(=O)c12)CCC3. The third kappa shape index (κ3) is 3.52. The van der Waals surface area contributed by atoms with E-state index in [0.29, 0.717) is 41.7 Å². The van der Waals surface area contributed by atoms with E-state index in [-0.39, 0.29) is 28.8 Å². The molecule has 1 saturated heterocycles. The Bertz CT molecular complexity index is 1070. The summed E-state index contributed by atoms with van der Waals surface area (Å²) in [4.78, 5) is 55.9. The second-order valence-corrected chi connectivity index (χ2v) is 8.48. The first-order chi connectivity index (χ1) is 13.9. The number of aryl methyl sites for hydroxylation is 2. The van der Waals surface area contributed by atoms with Crippen LogP contribution >= 0.6 is 11.3 Å². The second-order valence-electron chi connectivity index (χ2n) is 7.48. The monoisotopic (exact) mass is 418 g/mol. The van der Waals surface area contributed by atoms with Gasteiger partial charge in [-0.05, 0) is 31.7 Å². The van der Waals surface area contributed by atoms with Gasteiger partial charge in [-0.25, -0.2) is 9.78 Å². The summed E-state index contributed by atoms with van der Waals surface area (Å²) < 4.78 is 6.88. The van der Waals surface area contributed by atoms with Crippen LogP contribution in [0.3, 0.4) is 0 Å². The first kappa shape index (κ1) is 19.6. The maximum Gasteiger partial charge on any atom is 0.349 e. The Morgan fingerprint density at radius 1 is 1.28 bits per heavy atom. The summed E-state index contributed by atoms with van der Waals surface area (Å²) in [5, 5.41) is 0.444. The van der Waals surface area contributed by atoms with Crippen molar-refractivity contribution in [3.05, 3.63) is 26.6 Å². The third-order valence-corrected chi connectivity index (χ3v) is 6.77. The van der Waals surface area contributed by atoms with E-state index in [2.05, 4.69) is 4.98 Å². The zero-order valence-electron chi connectivity index (χ0n) is 16.1. The number of carbonyl (C=O) groups is 3. The van der Waals surface area contributed by atoms with Crippen LogP contribution in [0.1, 0.15) is 40.3 Å². The molecule has 2 aliphatic rings. The summed E-state index contributed by atoms with van der Waals surface area (Å²) in [6.07, 6.45) is 2.98. The van der Waals surface area contributed by atoms with Crippen molar-refractivity contribution < 1.29 is 19.1 Å². The average molecular weight is 418 g/mol. The molecule has 0 aliphatic carbocycles. The van der Waals surface area contributed by atoms with Crippen molar-refractivity contribution in [1.82, 2.24) is 14.5 Å². The Morgan fingerprint density at radius 2 is 2.07 bits per heavy atom. The number of thiophene rings is 1. The van der Waals surface area contributed by atoms with Crippen LogP contribution in [0.5, 0.6) is 0 Å². The van der Waals surface area contributed by atoms with Crippen LogP contribution in [0.15, 0.2) is 4.79 Å². The molecular formula is C19H22N4O5S. The minimum atomic E-state index is -0.646. The quantitative estimate of drug-likeness (QED) is 0.725. The third-order valence-electron chi connectivity index (χ3n) is 5.60. The van der Waals surface area contributed by atoms with Gasteiger partial charge in [-0.15, -0.1) is 11.3 Å². The molecule has 0 spiro atoms. The molecule has 0 radical (unpaired) electrons. The Balaban J connectivity index is 1.48. The number of nitrogens with two attached hydrogens (primary N) is 1. The zero-order valence-corrected chi connectivity index (χ0v) is 16.9. The predicted molar refractivity (Wildman–Crippen MR) is 106 cm³/mol. The molecule has 0 bridgehead atoms. The Morgan fingerprint density at radius 3 is 2.83 bits per heavy atom. The number of rotatable bonds is 4. The fraction of sp³-hybridized carbons (Fsp3) is 0.526. The normalized spacial score (nSPS) is 18.7. The number of esters is 1. The fourth-order valence-electron chi connectivity index (χ4n) is 3.99. The van der Waals surface area contributed by atoms with Crippen LogP contribution in [0, 0.1) is 12.8 Å². The van der Waals surface area contributed by atoms with Gasteiger partial charge in [0.05, 0.1) is 11.3 Å². The number of aromatic nitrogens is 2. The molecule has 2 amide bonds. The summed E-state index contributed by atoms with van der Waals surface area (Å²) >= 11 is 1.12. The summed E-state index contributed by atoms with van der Waals surface area (Å²) in [7, 11) is 0. The van der Waals surface area contributed by atoms with Gasteiger partial charge in [0.2, 0.25) is 5.91 Å². The molecular weight excluding hydrogens is 396 g/mol. The highest BCUT2D eigenvalue weighted by atomic mass is 32.1. The molecule has 2 aliphatic heterocycles. The van der Waals surface area contributed by atoms with Crippen LogP contribution in [-0.2, 0) is 27.3 Å². The number of piperidine rings is 1. The average Bonchev–Trinajstić information content (AvgIpc) is 3.31. The van der Waals surface area contributed by atoms with Crippen molar-refractivity contribution in [3.63, 3.8) is 0 Å². The largest absolute Gasteiger partial charge is 0.451 e. The van der Waals surface area contributed by atoms with Crippen LogP contribution < -0.4 is 11.3 Å². The lowest BCUT2D eigenvalue weighted by Gasteiger charge is -2.31. The lowest BCUT2D eigenvalue weighted by molar-refractivity contribution is -0.137. The highest BCUT2D eigenvalue weighted by Crippen LogP contribution is 2.29. The van der Waals surface area contributed by atoms with Crippen molar-refractivity contribution in [2.45, 2.75) is 39.2 Å². The highest BCUT2D eigenvalue weighted by molar-refractivity contribution is 7.20. The summed E-state index contributed by atoms with van der Waals surface area (Å²) in [6.45, 7) is 2.68. The number of carbonyl (C=O) groups excluding carboxylic acids is 3. The number of likely N-dealkylation sites (tertiary alicyclic amines) is 1. The maximum atomic E-state index is 12.7. The van der Waals surface area contributed by atoms with E-state index in [1.165, 1.54) is 4.90 Å². The number of amides is 2. The Hall–Kier alpha value is -2.75. The number of hydrogen-bond donors (Lipinski definition) is 1. The molecule has 2 aromatic rings. The minimum Gasteiger partial charge on any atom is -0.451 e. The number of fused-ring (bicyclic) bond motifs is 2. The second kappa shape index (κ2) is 7.58. The van der Waals surface area contributed by atoms with Gasteiger partial charge in [0.15, 0.2) is 6.61 Å². The molecule has 9 nitrogen and oxygen atoms in total. The van der Waals surface area contributed by atoms with Crippen molar-refractivity contribution in [2.24, 2.45) is 11.7 Å². The number of primary amides is 1. The lowest BCUT2D eigenvalue weighted by Crippen LogP contribution is -2.45. The molecule has 4 rings (SSSR count). The fourth-order valence-corrected chi connectivity index (χ4v) is 5.07. The lowest BCUT2D eigenvalue weighted by atomic mass is 9.97. The van der Waals surface area contributed by atoms with Crippen molar-refractivity contribution in [1.29, 1.82) is 0 Å². The highest BCUT2D eigenvalue weighted by Gasteiger charge is 2.28. The van der Waals surface area contributed by atoms with Gasteiger partial charge in [-0.1, -0.05) is 0 Å². The van der Waals surface area contributed by atoms with Gasteiger partial charge in [-0.3, -0.25) is 19.0 Å². The van der Waals surface area contributed by atoms with Gasteiger partial charge in [0.25, 0.3) is 11.5 Å². The summed E-state index contributed by atoms with van der Waals surface area (Å²) in [5.74, 6) is -1.06. The van der Waals surface area contributed by atoms with Crippen LogP contribution in [0.25, 0.3) is 10.2 Å². The first-order valence-corrected chi connectivity index (χ1v) is 10.5. The van der Waals surface area contributed by atoms with Crippen LogP contribution in [-0.4, -0.2) is 51.9 Å². The Labute approximate surface area is 170 Å². The van der Waals surface area contributed by atoms with E-state index in [4.69, 9.17) is 10.5 Å². The van der Waals surface area contributed by atoms with Crippen molar-refractivity contribution in [3.8, 4) is 0 Å². The predicted octanol–water partition coefficient (Wildman–Crippen LogP) is 0.593. The van der Waals surface area contributed by atoms with E-state index in [1.54, 1.807) is 11.5 Å². The molecule has 2 aromatic heterocycles. The first-order valence-electron chi connectivity index (χ1n) is 9.64. The van der Waals surface area contributed by atoms with E-state index in [1.807, 2.05) is 0 Å². The van der Waals surface area contributed by atoms with E-state index >= 15 is 0 Å². The molecule has 0 unspecified atom stereocenters. The molecule has 4 heterocycles. The van der Waals surface area contributed by atoms with Gasteiger partial charge >= 0.3 is 5.97 Å². The molecule has 154 valence electrons. The zero-order chi connectivity index (χ0) is 20.7.